The summed E-state index contributed by atoms with van der Waals surface area (Å²) in [7, 11) is 1.55. The molecular formula is C21H23N3O3S. The predicted molar refractivity (Wildman–Crippen MR) is 111 cm³/mol. The highest BCUT2D eigenvalue weighted by Gasteiger charge is 2.25. The van der Waals surface area contributed by atoms with Gasteiger partial charge in [-0.15, -0.1) is 11.3 Å². The Labute approximate surface area is 167 Å². The van der Waals surface area contributed by atoms with Crippen LogP contribution in [0.1, 0.15) is 36.8 Å². The van der Waals surface area contributed by atoms with Crippen LogP contribution in [0.25, 0.3) is 10.2 Å². The maximum absolute atomic E-state index is 13.2. The first-order valence-electron chi connectivity index (χ1n) is 9.45. The lowest BCUT2D eigenvalue weighted by molar-refractivity contribution is -0.118. The molecule has 2 heterocycles. The van der Waals surface area contributed by atoms with Crippen molar-refractivity contribution in [1.82, 2.24) is 9.55 Å². The monoisotopic (exact) mass is 397 g/mol. The molecule has 7 heteroatoms. The van der Waals surface area contributed by atoms with Gasteiger partial charge in [0.05, 0.1) is 24.5 Å². The maximum atomic E-state index is 13.2. The average molecular weight is 398 g/mol. The average Bonchev–Trinajstić information content (AvgIpc) is 3.06. The Kier molecular flexibility index (Phi) is 4.93. The van der Waals surface area contributed by atoms with Crippen molar-refractivity contribution in [3.63, 3.8) is 0 Å². The van der Waals surface area contributed by atoms with Gasteiger partial charge in [-0.25, -0.2) is 4.98 Å². The summed E-state index contributed by atoms with van der Waals surface area (Å²) in [4.78, 5) is 32.5. The van der Waals surface area contributed by atoms with Gasteiger partial charge in [0.15, 0.2) is 0 Å². The van der Waals surface area contributed by atoms with Crippen molar-refractivity contribution in [3.8, 4) is 5.75 Å². The fourth-order valence-electron chi connectivity index (χ4n) is 3.73. The van der Waals surface area contributed by atoms with E-state index in [0.29, 0.717) is 22.7 Å². The van der Waals surface area contributed by atoms with Crippen LogP contribution < -0.4 is 15.6 Å². The molecule has 0 unspecified atom stereocenters. The second kappa shape index (κ2) is 7.39. The predicted octanol–water partition coefficient (Wildman–Crippen LogP) is 3.79. The molecule has 0 saturated heterocycles. The third-order valence-electron chi connectivity index (χ3n) is 5.40. The third-order valence-corrected chi connectivity index (χ3v) is 6.56. The van der Waals surface area contributed by atoms with Crippen LogP contribution in [-0.4, -0.2) is 22.6 Å². The Morgan fingerprint density at radius 2 is 2.18 bits per heavy atom. The first-order valence-corrected chi connectivity index (χ1v) is 10.3. The van der Waals surface area contributed by atoms with Gasteiger partial charge in [0, 0.05) is 4.88 Å². The summed E-state index contributed by atoms with van der Waals surface area (Å²) < 4.78 is 6.71. The summed E-state index contributed by atoms with van der Waals surface area (Å²) in [5.41, 5.74) is 1.56. The number of methoxy groups -OCH3 is 1. The van der Waals surface area contributed by atoms with Crippen LogP contribution in [0, 0.1) is 5.92 Å². The number of aryl methyl sites for hydroxylation is 1. The quantitative estimate of drug-likeness (QED) is 0.727. The van der Waals surface area contributed by atoms with E-state index in [1.807, 2.05) is 12.1 Å². The Balaban J connectivity index is 1.68. The van der Waals surface area contributed by atoms with Crippen LogP contribution in [0.15, 0.2) is 35.4 Å². The second-order valence-electron chi connectivity index (χ2n) is 7.35. The lowest BCUT2D eigenvalue weighted by atomic mass is 9.89. The molecule has 1 aliphatic rings. The van der Waals surface area contributed by atoms with Crippen LogP contribution in [0.4, 0.5) is 5.69 Å². The molecule has 2 aromatic heterocycles. The van der Waals surface area contributed by atoms with Gasteiger partial charge in [0.1, 0.15) is 16.6 Å². The smallest absolute Gasteiger partial charge is 0.263 e. The van der Waals surface area contributed by atoms with Gasteiger partial charge >= 0.3 is 0 Å². The third kappa shape index (κ3) is 3.20. The van der Waals surface area contributed by atoms with Crippen LogP contribution >= 0.6 is 11.3 Å². The summed E-state index contributed by atoms with van der Waals surface area (Å²) in [6.07, 6.45) is 4.47. The highest BCUT2D eigenvalue weighted by Crippen LogP contribution is 2.35. The van der Waals surface area contributed by atoms with Crippen molar-refractivity contribution in [2.45, 2.75) is 39.2 Å². The highest BCUT2D eigenvalue weighted by atomic mass is 32.1. The molecule has 0 aliphatic heterocycles. The summed E-state index contributed by atoms with van der Waals surface area (Å²) in [6.45, 7) is 3.95. The molecule has 6 nitrogen and oxygen atoms in total. The second-order valence-corrected chi connectivity index (χ2v) is 8.44. The van der Waals surface area contributed by atoms with Gasteiger partial charge in [0.25, 0.3) is 5.56 Å². The molecule has 3 aromatic rings. The van der Waals surface area contributed by atoms with Crippen LogP contribution in [0.3, 0.4) is 0 Å². The minimum absolute atomic E-state index is 0.139. The molecular weight excluding hydrogens is 374 g/mol. The Morgan fingerprint density at radius 1 is 1.39 bits per heavy atom. The zero-order valence-corrected chi connectivity index (χ0v) is 17.0. The number of hydrogen-bond acceptors (Lipinski definition) is 5. The molecule has 0 saturated carbocycles. The van der Waals surface area contributed by atoms with Crippen molar-refractivity contribution in [1.29, 1.82) is 0 Å². The summed E-state index contributed by atoms with van der Waals surface area (Å²) >= 11 is 1.61. The summed E-state index contributed by atoms with van der Waals surface area (Å²) in [6, 6.07) is 6.51. The van der Waals surface area contributed by atoms with Crippen LogP contribution in [0.5, 0.6) is 5.75 Å². The van der Waals surface area contributed by atoms with E-state index in [4.69, 9.17) is 4.74 Å². The number of aromatic nitrogens is 2. The number of carbonyl (C=O) groups excluding carboxylic acids is 1. The SMILES string of the molecule is COc1ccccc1NC(=O)[C@H](C)n1cnc2sc3c(c2c1=O)CC[C@@H](C)C3. The maximum Gasteiger partial charge on any atom is 0.263 e. The fraction of sp³-hybridized carbons (Fsp3) is 0.381. The number of carbonyl (C=O) groups is 1. The molecule has 28 heavy (non-hydrogen) atoms. The number of rotatable bonds is 4. The summed E-state index contributed by atoms with van der Waals surface area (Å²) in [5, 5.41) is 3.53. The number of amides is 1. The molecule has 4 rings (SSSR count). The van der Waals surface area contributed by atoms with E-state index in [1.54, 1.807) is 37.5 Å². The zero-order chi connectivity index (χ0) is 19.8. The summed E-state index contributed by atoms with van der Waals surface area (Å²) in [5.74, 6) is 0.920. The lowest BCUT2D eigenvalue weighted by Gasteiger charge is -2.18. The Hall–Kier alpha value is -2.67. The van der Waals surface area contributed by atoms with Gasteiger partial charge < -0.3 is 10.1 Å². The van der Waals surface area contributed by atoms with Crippen molar-refractivity contribution in [2.75, 3.05) is 12.4 Å². The van der Waals surface area contributed by atoms with E-state index in [9.17, 15) is 9.59 Å². The number of fused-ring (bicyclic) bond motifs is 3. The molecule has 146 valence electrons. The van der Waals surface area contributed by atoms with E-state index in [-0.39, 0.29) is 11.5 Å². The van der Waals surface area contributed by atoms with E-state index in [2.05, 4.69) is 17.2 Å². The minimum atomic E-state index is -0.688. The molecule has 1 aliphatic carbocycles. The molecule has 1 amide bonds. The Morgan fingerprint density at radius 3 is 2.96 bits per heavy atom. The van der Waals surface area contributed by atoms with Gasteiger partial charge in [-0.05, 0) is 49.8 Å². The Bertz CT molecular complexity index is 1100. The van der Waals surface area contributed by atoms with Crippen molar-refractivity contribution in [3.05, 3.63) is 51.4 Å². The standard InChI is InChI=1S/C21H23N3O3S/c1-12-8-9-14-17(10-12)28-20-18(14)21(26)24(11-22-20)13(2)19(25)23-15-6-4-5-7-16(15)27-3/h4-7,11-13H,8-10H2,1-3H3,(H,23,25)/t12-,13+/m1/s1. The molecule has 0 radical (unpaired) electrons. The fourth-order valence-corrected chi connectivity index (χ4v) is 5.07. The number of hydrogen-bond donors (Lipinski definition) is 1. The topological polar surface area (TPSA) is 73.2 Å². The van der Waals surface area contributed by atoms with E-state index in [1.165, 1.54) is 15.8 Å². The molecule has 2 atom stereocenters. The number of para-hydroxylation sites is 2. The van der Waals surface area contributed by atoms with E-state index < -0.39 is 6.04 Å². The van der Waals surface area contributed by atoms with Crippen molar-refractivity contribution < 1.29 is 9.53 Å². The van der Waals surface area contributed by atoms with Gasteiger partial charge in [-0.3, -0.25) is 14.2 Å². The number of nitrogens with zero attached hydrogens (tertiary/aromatic N) is 2. The zero-order valence-electron chi connectivity index (χ0n) is 16.2. The minimum Gasteiger partial charge on any atom is -0.495 e. The molecule has 0 bridgehead atoms. The number of thiophene rings is 1. The number of benzene rings is 1. The van der Waals surface area contributed by atoms with Crippen LogP contribution in [-0.2, 0) is 17.6 Å². The number of ether oxygens (including phenoxy) is 1. The number of nitrogens with one attached hydrogen (secondary N) is 1. The molecule has 0 spiro atoms. The van der Waals surface area contributed by atoms with Gasteiger partial charge in [-0.2, -0.15) is 0 Å². The number of anilines is 1. The van der Waals surface area contributed by atoms with Gasteiger partial charge in [-0.1, -0.05) is 19.1 Å². The molecule has 0 fully saturated rings. The van der Waals surface area contributed by atoms with Crippen molar-refractivity contribution >= 4 is 33.1 Å². The molecule has 1 N–H and O–H groups in total. The highest BCUT2D eigenvalue weighted by molar-refractivity contribution is 7.18. The van der Waals surface area contributed by atoms with Crippen LogP contribution in [0.2, 0.25) is 0 Å². The normalized spacial score (nSPS) is 17.2. The lowest BCUT2D eigenvalue weighted by Crippen LogP contribution is -2.32. The molecule has 1 aromatic carbocycles. The first-order chi connectivity index (χ1) is 13.5. The van der Waals surface area contributed by atoms with E-state index >= 15 is 0 Å². The van der Waals surface area contributed by atoms with Crippen molar-refractivity contribution in [2.24, 2.45) is 5.92 Å². The van der Waals surface area contributed by atoms with E-state index in [0.717, 1.165) is 29.7 Å². The first kappa shape index (κ1) is 18.7. The largest absolute Gasteiger partial charge is 0.495 e. The van der Waals surface area contributed by atoms with Gasteiger partial charge in [0.2, 0.25) is 5.91 Å².